The number of aromatic nitrogens is 2. The lowest BCUT2D eigenvalue weighted by Gasteiger charge is -2.16. The number of halogens is 3. The predicted molar refractivity (Wildman–Crippen MR) is 77.7 cm³/mol. The summed E-state index contributed by atoms with van der Waals surface area (Å²) in [6.07, 6.45) is -0.553. The zero-order valence-corrected chi connectivity index (χ0v) is 11.8. The van der Waals surface area contributed by atoms with E-state index in [1.165, 1.54) is 6.07 Å². The molecular formula is C15H17F3N4. The smallest absolute Gasteiger partial charge is 0.383 e. The van der Waals surface area contributed by atoms with Crippen molar-refractivity contribution in [1.29, 1.82) is 0 Å². The molecule has 1 atom stereocenters. The fraction of sp³-hybridized carbons (Fsp3) is 0.267. The molecule has 0 fully saturated rings. The van der Waals surface area contributed by atoms with E-state index in [0.717, 1.165) is 17.8 Å². The summed E-state index contributed by atoms with van der Waals surface area (Å²) < 4.78 is 37.9. The van der Waals surface area contributed by atoms with Crippen LogP contribution in [0.25, 0.3) is 0 Å². The van der Waals surface area contributed by atoms with Gasteiger partial charge in [-0.2, -0.15) is 13.2 Å². The summed E-state index contributed by atoms with van der Waals surface area (Å²) in [5, 5.41) is 2.96. The molecule has 0 saturated carbocycles. The van der Waals surface area contributed by atoms with Crippen LogP contribution >= 0.6 is 0 Å². The second-order valence-corrected chi connectivity index (χ2v) is 4.95. The van der Waals surface area contributed by atoms with Crippen LogP contribution in [0.1, 0.15) is 16.8 Å². The number of nitrogens with zero attached hydrogens (tertiary/aromatic N) is 1. The van der Waals surface area contributed by atoms with Crippen LogP contribution < -0.4 is 11.1 Å². The third kappa shape index (κ3) is 4.36. The van der Waals surface area contributed by atoms with Crippen molar-refractivity contribution in [2.75, 3.05) is 0 Å². The van der Waals surface area contributed by atoms with E-state index < -0.39 is 11.7 Å². The van der Waals surface area contributed by atoms with Gasteiger partial charge in [-0.25, -0.2) is 4.98 Å². The van der Waals surface area contributed by atoms with Gasteiger partial charge in [-0.15, -0.1) is 0 Å². The number of hydrogen-bond acceptors (Lipinski definition) is 3. The van der Waals surface area contributed by atoms with Gasteiger partial charge >= 0.3 is 6.18 Å². The molecule has 22 heavy (non-hydrogen) atoms. The fourth-order valence-electron chi connectivity index (χ4n) is 1.96. The minimum absolute atomic E-state index is 0.233. The van der Waals surface area contributed by atoms with Crippen molar-refractivity contribution in [2.45, 2.75) is 25.2 Å². The molecule has 1 heterocycles. The maximum absolute atomic E-state index is 12.6. The Labute approximate surface area is 126 Å². The second kappa shape index (κ2) is 6.65. The lowest BCUT2D eigenvalue weighted by Crippen LogP contribution is -2.32. The van der Waals surface area contributed by atoms with Gasteiger partial charge in [0.15, 0.2) is 0 Å². The number of hydrogen-bond donors (Lipinski definition) is 3. The zero-order valence-electron chi connectivity index (χ0n) is 11.8. The molecule has 1 aromatic heterocycles. The first-order chi connectivity index (χ1) is 10.4. The van der Waals surface area contributed by atoms with Crippen molar-refractivity contribution < 1.29 is 13.2 Å². The molecule has 1 aromatic carbocycles. The Bertz CT molecular complexity index is 620. The predicted octanol–water partition coefficient (Wildman–Crippen LogP) is 2.60. The summed E-state index contributed by atoms with van der Waals surface area (Å²) in [5.41, 5.74) is 7.18. The lowest BCUT2D eigenvalue weighted by atomic mass is 10.1. The van der Waals surface area contributed by atoms with E-state index in [9.17, 15) is 13.2 Å². The minimum atomic E-state index is -4.34. The van der Waals surface area contributed by atoms with Crippen LogP contribution in [-0.4, -0.2) is 16.0 Å². The van der Waals surface area contributed by atoms with Crippen molar-refractivity contribution in [1.82, 2.24) is 15.3 Å². The molecule has 2 rings (SSSR count). The van der Waals surface area contributed by atoms with Gasteiger partial charge < -0.3 is 16.0 Å². The summed E-state index contributed by atoms with van der Waals surface area (Å²) in [7, 11) is 0. The molecular weight excluding hydrogens is 293 g/mol. The molecule has 4 N–H and O–H groups in total. The third-order valence-electron chi connectivity index (χ3n) is 3.21. The van der Waals surface area contributed by atoms with E-state index in [1.54, 1.807) is 18.6 Å². The summed E-state index contributed by atoms with van der Waals surface area (Å²) in [4.78, 5) is 6.90. The molecule has 0 radical (unpaired) electrons. The number of nitrogens with one attached hydrogen (secondary N) is 2. The van der Waals surface area contributed by atoms with E-state index in [2.05, 4.69) is 21.9 Å². The van der Waals surface area contributed by atoms with E-state index in [0.29, 0.717) is 17.7 Å². The van der Waals surface area contributed by atoms with Crippen molar-refractivity contribution in [3.05, 3.63) is 65.9 Å². The van der Waals surface area contributed by atoms with Gasteiger partial charge in [0.1, 0.15) is 0 Å². The molecule has 7 heteroatoms. The molecule has 0 aliphatic heterocycles. The number of benzene rings is 1. The molecule has 118 valence electrons. The maximum Gasteiger partial charge on any atom is 0.416 e. The molecule has 0 bridgehead atoms. The number of imidazole rings is 1. The van der Waals surface area contributed by atoms with Gasteiger partial charge in [0.2, 0.25) is 0 Å². The summed E-state index contributed by atoms with van der Waals surface area (Å²) >= 11 is 0. The van der Waals surface area contributed by atoms with Crippen molar-refractivity contribution in [2.24, 2.45) is 5.73 Å². The minimum Gasteiger partial charge on any atom is -0.383 e. The van der Waals surface area contributed by atoms with Crippen LogP contribution in [0.3, 0.4) is 0 Å². The van der Waals surface area contributed by atoms with Crippen molar-refractivity contribution in [3.8, 4) is 0 Å². The number of rotatable bonds is 6. The SMILES string of the molecule is C=C(NCc1cccc(C(F)(F)F)c1)C(N)Cc1c[nH]cn1. The largest absolute Gasteiger partial charge is 0.416 e. The van der Waals surface area contributed by atoms with Crippen LogP contribution in [0.4, 0.5) is 13.2 Å². The van der Waals surface area contributed by atoms with Crippen LogP contribution in [0.5, 0.6) is 0 Å². The Morgan fingerprint density at radius 1 is 1.41 bits per heavy atom. The van der Waals surface area contributed by atoms with Crippen LogP contribution in [-0.2, 0) is 19.1 Å². The highest BCUT2D eigenvalue weighted by Gasteiger charge is 2.30. The highest BCUT2D eigenvalue weighted by atomic mass is 19.4. The Kier molecular flexibility index (Phi) is 4.87. The first-order valence-corrected chi connectivity index (χ1v) is 6.68. The van der Waals surface area contributed by atoms with Crippen molar-refractivity contribution in [3.63, 3.8) is 0 Å². The summed E-state index contributed by atoms with van der Waals surface area (Å²) in [6, 6.07) is 4.79. The van der Waals surface area contributed by atoms with Gasteiger partial charge in [0.25, 0.3) is 0 Å². The van der Waals surface area contributed by atoms with Crippen LogP contribution in [0, 0.1) is 0 Å². The number of H-pyrrole nitrogens is 1. The molecule has 4 nitrogen and oxygen atoms in total. The molecule has 0 spiro atoms. The van der Waals surface area contributed by atoms with Crippen LogP contribution in [0.2, 0.25) is 0 Å². The summed E-state index contributed by atoms with van der Waals surface area (Å²) in [6.45, 7) is 4.06. The van der Waals surface area contributed by atoms with Crippen molar-refractivity contribution >= 4 is 0 Å². The first-order valence-electron chi connectivity index (χ1n) is 6.68. The standard InChI is InChI=1S/C15H17F3N4/c1-10(14(19)6-13-8-20-9-22-13)21-7-11-3-2-4-12(5-11)15(16,17)18/h2-5,8-9,14,21H,1,6-7,19H2,(H,20,22). The van der Waals surface area contributed by atoms with Gasteiger partial charge in [0, 0.05) is 30.9 Å². The van der Waals surface area contributed by atoms with Gasteiger partial charge in [-0.3, -0.25) is 0 Å². The fourth-order valence-corrected chi connectivity index (χ4v) is 1.96. The Hall–Kier alpha value is -2.28. The Morgan fingerprint density at radius 2 is 2.18 bits per heavy atom. The highest BCUT2D eigenvalue weighted by Crippen LogP contribution is 2.29. The molecule has 0 amide bonds. The average Bonchev–Trinajstić information content (AvgIpc) is 2.97. The number of nitrogens with two attached hydrogens (primary N) is 1. The summed E-state index contributed by atoms with van der Waals surface area (Å²) in [5.74, 6) is 0. The Balaban J connectivity index is 1.91. The second-order valence-electron chi connectivity index (χ2n) is 4.95. The normalized spacial score (nSPS) is 12.9. The van der Waals surface area contributed by atoms with E-state index in [-0.39, 0.29) is 12.6 Å². The van der Waals surface area contributed by atoms with E-state index in [1.807, 2.05) is 0 Å². The molecule has 1 unspecified atom stereocenters. The molecule has 0 saturated heterocycles. The first kappa shape index (κ1) is 16.1. The molecule has 0 aliphatic carbocycles. The average molecular weight is 310 g/mol. The van der Waals surface area contributed by atoms with Gasteiger partial charge in [-0.05, 0) is 17.7 Å². The quantitative estimate of drug-likeness (QED) is 0.768. The number of aromatic amines is 1. The van der Waals surface area contributed by atoms with Gasteiger partial charge in [0.05, 0.1) is 17.6 Å². The molecule has 0 aliphatic rings. The lowest BCUT2D eigenvalue weighted by molar-refractivity contribution is -0.137. The monoisotopic (exact) mass is 310 g/mol. The third-order valence-corrected chi connectivity index (χ3v) is 3.21. The number of alkyl halides is 3. The molecule has 2 aromatic rings. The van der Waals surface area contributed by atoms with E-state index >= 15 is 0 Å². The topological polar surface area (TPSA) is 66.7 Å². The highest BCUT2D eigenvalue weighted by molar-refractivity contribution is 5.26. The van der Waals surface area contributed by atoms with E-state index in [4.69, 9.17) is 5.73 Å². The Morgan fingerprint density at radius 3 is 2.82 bits per heavy atom. The van der Waals surface area contributed by atoms with Crippen LogP contribution in [0.15, 0.2) is 49.1 Å². The maximum atomic E-state index is 12.6. The van der Waals surface area contributed by atoms with Gasteiger partial charge in [-0.1, -0.05) is 18.7 Å². The zero-order chi connectivity index (χ0) is 16.2.